The molecule has 0 unspecified atom stereocenters. The minimum atomic E-state index is -0.286. The Balaban J connectivity index is 3.38. The predicted octanol–water partition coefficient (Wildman–Crippen LogP) is 2.20. The van der Waals surface area contributed by atoms with Crippen LogP contribution in [0.25, 0.3) is 0 Å². The molecule has 0 radical (unpaired) electrons. The summed E-state index contributed by atoms with van der Waals surface area (Å²) in [6.07, 6.45) is -0.172. The van der Waals surface area contributed by atoms with Gasteiger partial charge in [0.15, 0.2) is 0 Å². The van der Waals surface area contributed by atoms with E-state index in [1.807, 2.05) is 19.9 Å². The van der Waals surface area contributed by atoms with Crippen LogP contribution in [0.15, 0.2) is 6.07 Å². The van der Waals surface area contributed by atoms with Gasteiger partial charge in [-0.2, -0.15) is 5.26 Å². The summed E-state index contributed by atoms with van der Waals surface area (Å²) in [4.78, 5) is 13.2. The van der Waals surface area contributed by atoms with Gasteiger partial charge in [0.25, 0.3) is 0 Å². The van der Waals surface area contributed by atoms with Gasteiger partial charge < -0.3 is 14.4 Å². The van der Waals surface area contributed by atoms with Crippen molar-refractivity contribution < 1.29 is 14.3 Å². The van der Waals surface area contributed by atoms with Crippen LogP contribution in [0.5, 0.6) is 11.5 Å². The molecule has 0 saturated heterocycles. The molecule has 1 rings (SSSR count). The van der Waals surface area contributed by atoms with E-state index < -0.39 is 0 Å². The molecule has 0 aliphatic carbocycles. The lowest BCUT2D eigenvalue weighted by Crippen LogP contribution is -2.26. The highest BCUT2D eigenvalue weighted by Gasteiger charge is 2.20. The first-order valence-electron chi connectivity index (χ1n) is 5.83. The van der Waals surface area contributed by atoms with Crippen molar-refractivity contribution in [1.29, 1.82) is 5.26 Å². The third-order valence-electron chi connectivity index (χ3n) is 3.16. The lowest BCUT2D eigenvalue weighted by Gasteiger charge is -2.23. The predicted molar refractivity (Wildman–Crippen MR) is 72.7 cm³/mol. The first kappa shape index (κ1) is 14.8. The van der Waals surface area contributed by atoms with Crippen molar-refractivity contribution in [2.75, 3.05) is 26.2 Å². The van der Waals surface area contributed by atoms with Crippen LogP contribution in [0.2, 0.25) is 0 Å². The van der Waals surface area contributed by atoms with Gasteiger partial charge in [-0.1, -0.05) is 0 Å². The summed E-state index contributed by atoms with van der Waals surface area (Å²) in [5.74, 6) is 1.02. The fourth-order valence-corrected chi connectivity index (χ4v) is 1.88. The standard InChI is InChI=1S/C14H18N2O3/c1-9-10(2)14(19-5)11(8-12(9)18-4)16(3)13(17)6-7-15/h8H,6H2,1-5H3. The van der Waals surface area contributed by atoms with Crippen LogP contribution in [0, 0.1) is 25.2 Å². The van der Waals surface area contributed by atoms with Gasteiger partial charge in [-0.3, -0.25) is 4.79 Å². The molecule has 0 N–H and O–H groups in total. The summed E-state index contributed by atoms with van der Waals surface area (Å²) in [7, 11) is 4.75. The van der Waals surface area contributed by atoms with Gasteiger partial charge >= 0.3 is 0 Å². The van der Waals surface area contributed by atoms with Gasteiger partial charge in [-0.25, -0.2) is 0 Å². The molecule has 0 saturated carbocycles. The maximum Gasteiger partial charge on any atom is 0.241 e. The molecule has 1 aromatic carbocycles. The van der Waals surface area contributed by atoms with Gasteiger partial charge in [-0.05, 0) is 25.0 Å². The summed E-state index contributed by atoms with van der Waals surface area (Å²) in [6.45, 7) is 3.83. The zero-order valence-electron chi connectivity index (χ0n) is 11.9. The minimum Gasteiger partial charge on any atom is -0.496 e. The van der Waals surface area contributed by atoms with Crippen LogP contribution in [-0.4, -0.2) is 27.2 Å². The highest BCUT2D eigenvalue weighted by atomic mass is 16.5. The lowest BCUT2D eigenvalue weighted by atomic mass is 10.1. The molecule has 0 aromatic heterocycles. The number of nitrogens with zero attached hydrogens (tertiary/aromatic N) is 2. The zero-order valence-corrected chi connectivity index (χ0v) is 11.9. The van der Waals surface area contributed by atoms with Crippen molar-refractivity contribution >= 4 is 11.6 Å². The van der Waals surface area contributed by atoms with Gasteiger partial charge in [0, 0.05) is 13.1 Å². The first-order valence-corrected chi connectivity index (χ1v) is 5.83. The number of anilines is 1. The van der Waals surface area contributed by atoms with Gasteiger partial charge in [0.2, 0.25) is 5.91 Å². The Hall–Kier alpha value is -2.22. The molecule has 1 amide bonds. The second-order valence-electron chi connectivity index (χ2n) is 4.17. The molecule has 19 heavy (non-hydrogen) atoms. The average molecular weight is 262 g/mol. The first-order chi connectivity index (χ1) is 8.97. The lowest BCUT2D eigenvalue weighted by molar-refractivity contribution is -0.117. The fourth-order valence-electron chi connectivity index (χ4n) is 1.88. The topological polar surface area (TPSA) is 62.6 Å². The average Bonchev–Trinajstić information content (AvgIpc) is 2.41. The van der Waals surface area contributed by atoms with Crippen molar-refractivity contribution in [1.82, 2.24) is 0 Å². The monoisotopic (exact) mass is 262 g/mol. The van der Waals surface area contributed by atoms with Crippen molar-refractivity contribution in [3.8, 4) is 17.6 Å². The molecule has 0 aliphatic heterocycles. The second kappa shape index (κ2) is 6.10. The molecule has 102 valence electrons. The van der Waals surface area contributed by atoms with Crippen LogP contribution < -0.4 is 14.4 Å². The van der Waals surface area contributed by atoms with Crippen molar-refractivity contribution in [2.45, 2.75) is 20.3 Å². The summed E-state index contributed by atoms with van der Waals surface area (Å²) in [5.41, 5.74) is 2.47. The molecule has 5 heteroatoms. The third kappa shape index (κ3) is 2.79. The maximum absolute atomic E-state index is 11.8. The molecule has 0 heterocycles. The minimum absolute atomic E-state index is 0.172. The van der Waals surface area contributed by atoms with E-state index in [4.69, 9.17) is 14.7 Å². The maximum atomic E-state index is 11.8. The Morgan fingerprint density at radius 2 is 1.95 bits per heavy atom. The Kier molecular flexibility index (Phi) is 4.76. The van der Waals surface area contributed by atoms with E-state index in [1.165, 1.54) is 4.90 Å². The van der Waals surface area contributed by atoms with Crippen LogP contribution in [-0.2, 0) is 4.79 Å². The molecule has 0 aliphatic rings. The molecule has 0 spiro atoms. The number of amides is 1. The number of benzene rings is 1. The fraction of sp³-hybridized carbons (Fsp3) is 0.429. The van der Waals surface area contributed by atoms with E-state index in [2.05, 4.69) is 0 Å². The highest BCUT2D eigenvalue weighted by Crippen LogP contribution is 2.38. The number of ether oxygens (including phenoxy) is 2. The van der Waals surface area contributed by atoms with Crippen LogP contribution >= 0.6 is 0 Å². The smallest absolute Gasteiger partial charge is 0.241 e. The van der Waals surface area contributed by atoms with Gasteiger partial charge in [0.05, 0.1) is 26.0 Å². The highest BCUT2D eigenvalue weighted by molar-refractivity contribution is 5.96. The van der Waals surface area contributed by atoms with Crippen LogP contribution in [0.1, 0.15) is 17.5 Å². The zero-order chi connectivity index (χ0) is 14.6. The summed E-state index contributed by atoms with van der Waals surface area (Å²) < 4.78 is 10.7. The van der Waals surface area contributed by atoms with Crippen molar-refractivity contribution in [3.63, 3.8) is 0 Å². The van der Waals surface area contributed by atoms with E-state index in [0.29, 0.717) is 17.2 Å². The van der Waals surface area contributed by atoms with Gasteiger partial charge in [-0.15, -0.1) is 0 Å². The molecule has 0 atom stereocenters. The Bertz CT molecular complexity index is 532. The number of hydrogen-bond donors (Lipinski definition) is 0. The quantitative estimate of drug-likeness (QED) is 0.834. The van der Waals surface area contributed by atoms with Gasteiger partial charge in [0.1, 0.15) is 17.9 Å². The van der Waals surface area contributed by atoms with Crippen LogP contribution in [0.4, 0.5) is 5.69 Å². The molecule has 0 fully saturated rings. The molecular formula is C14H18N2O3. The number of nitriles is 1. The Morgan fingerprint density at radius 3 is 2.42 bits per heavy atom. The molecule has 1 aromatic rings. The number of carbonyl (C=O) groups is 1. The summed E-state index contributed by atoms with van der Waals surface area (Å²) in [6, 6.07) is 3.59. The molecule has 0 bridgehead atoms. The normalized spacial score (nSPS) is 9.68. The third-order valence-corrected chi connectivity index (χ3v) is 3.16. The summed E-state index contributed by atoms with van der Waals surface area (Å²) in [5, 5.41) is 8.60. The summed E-state index contributed by atoms with van der Waals surface area (Å²) >= 11 is 0. The van der Waals surface area contributed by atoms with Crippen molar-refractivity contribution in [2.24, 2.45) is 0 Å². The number of carbonyl (C=O) groups excluding carboxylic acids is 1. The second-order valence-corrected chi connectivity index (χ2v) is 4.17. The van der Waals surface area contributed by atoms with E-state index in [-0.39, 0.29) is 12.3 Å². The number of rotatable bonds is 4. The Labute approximate surface area is 113 Å². The SMILES string of the molecule is COc1cc(N(C)C(=O)CC#N)c(OC)c(C)c1C. The number of hydrogen-bond acceptors (Lipinski definition) is 4. The van der Waals surface area contributed by atoms with E-state index in [0.717, 1.165) is 11.1 Å². The largest absolute Gasteiger partial charge is 0.496 e. The molecular weight excluding hydrogens is 244 g/mol. The van der Waals surface area contributed by atoms with E-state index >= 15 is 0 Å². The molecule has 5 nitrogen and oxygen atoms in total. The Morgan fingerprint density at radius 1 is 1.32 bits per heavy atom. The van der Waals surface area contributed by atoms with Crippen molar-refractivity contribution in [3.05, 3.63) is 17.2 Å². The van der Waals surface area contributed by atoms with E-state index in [1.54, 1.807) is 27.3 Å². The van der Waals surface area contributed by atoms with Crippen LogP contribution in [0.3, 0.4) is 0 Å². The number of methoxy groups -OCH3 is 2. The van der Waals surface area contributed by atoms with E-state index in [9.17, 15) is 4.79 Å².